The SMILES string of the molecule is C=CC(=O)Nc1ccnc(-c2cccc3cnc(Nc4cccnc4C4CNCCO4)nc23)c1. The summed E-state index contributed by atoms with van der Waals surface area (Å²) in [6, 6.07) is 13.1. The largest absolute Gasteiger partial charge is 0.369 e. The summed E-state index contributed by atoms with van der Waals surface area (Å²) < 4.78 is 5.89. The van der Waals surface area contributed by atoms with E-state index >= 15 is 0 Å². The molecule has 3 aromatic heterocycles. The van der Waals surface area contributed by atoms with Crippen LogP contribution in [-0.4, -0.2) is 45.5 Å². The van der Waals surface area contributed by atoms with Crippen LogP contribution in [0, 0.1) is 0 Å². The number of anilines is 3. The van der Waals surface area contributed by atoms with Crippen molar-refractivity contribution in [2.45, 2.75) is 6.10 Å². The Kier molecular flexibility index (Phi) is 6.19. The molecule has 4 heterocycles. The Morgan fingerprint density at radius 1 is 1.15 bits per heavy atom. The van der Waals surface area contributed by atoms with Gasteiger partial charge in [0.1, 0.15) is 6.10 Å². The lowest BCUT2D eigenvalue weighted by Gasteiger charge is -2.24. The molecule has 0 spiro atoms. The van der Waals surface area contributed by atoms with E-state index in [-0.39, 0.29) is 12.0 Å². The highest BCUT2D eigenvalue weighted by molar-refractivity contribution is 5.99. The number of para-hydroxylation sites is 1. The lowest BCUT2D eigenvalue weighted by atomic mass is 10.1. The summed E-state index contributed by atoms with van der Waals surface area (Å²) in [5.41, 5.74) is 4.46. The molecule has 9 heteroatoms. The number of ether oxygens (including phenoxy) is 1. The van der Waals surface area contributed by atoms with Crippen LogP contribution in [0.25, 0.3) is 22.2 Å². The highest BCUT2D eigenvalue weighted by Gasteiger charge is 2.21. The highest BCUT2D eigenvalue weighted by atomic mass is 16.5. The summed E-state index contributed by atoms with van der Waals surface area (Å²) in [6.07, 6.45) is 6.25. The van der Waals surface area contributed by atoms with Crippen LogP contribution in [0.3, 0.4) is 0 Å². The zero-order valence-electron chi connectivity index (χ0n) is 18.4. The number of rotatable bonds is 6. The molecule has 9 nitrogen and oxygen atoms in total. The number of benzene rings is 1. The summed E-state index contributed by atoms with van der Waals surface area (Å²) in [4.78, 5) is 30.0. The minimum absolute atomic E-state index is 0.147. The molecule has 0 bridgehead atoms. The predicted molar refractivity (Wildman–Crippen MR) is 131 cm³/mol. The minimum Gasteiger partial charge on any atom is -0.369 e. The molecule has 0 saturated carbocycles. The van der Waals surface area contributed by atoms with E-state index < -0.39 is 0 Å². The third kappa shape index (κ3) is 4.61. The Labute approximate surface area is 196 Å². The van der Waals surface area contributed by atoms with Gasteiger partial charge in [-0.3, -0.25) is 14.8 Å². The number of hydrogen-bond acceptors (Lipinski definition) is 8. The lowest BCUT2D eigenvalue weighted by molar-refractivity contribution is -0.111. The molecule has 0 aliphatic carbocycles. The smallest absolute Gasteiger partial charge is 0.247 e. The van der Waals surface area contributed by atoms with Gasteiger partial charge >= 0.3 is 0 Å². The van der Waals surface area contributed by atoms with Gasteiger partial charge in [-0.05, 0) is 30.3 Å². The van der Waals surface area contributed by atoms with Crippen molar-refractivity contribution in [3.8, 4) is 11.3 Å². The van der Waals surface area contributed by atoms with Crippen molar-refractivity contribution in [2.24, 2.45) is 0 Å². The lowest BCUT2D eigenvalue weighted by Crippen LogP contribution is -2.34. The first-order valence-electron chi connectivity index (χ1n) is 10.9. The second kappa shape index (κ2) is 9.74. The van der Waals surface area contributed by atoms with Crippen LogP contribution in [-0.2, 0) is 9.53 Å². The van der Waals surface area contributed by atoms with Gasteiger partial charge in [0.15, 0.2) is 0 Å². The van der Waals surface area contributed by atoms with Gasteiger partial charge in [-0.15, -0.1) is 0 Å². The van der Waals surface area contributed by atoms with Crippen LogP contribution in [0.1, 0.15) is 11.8 Å². The van der Waals surface area contributed by atoms with Crippen molar-refractivity contribution in [3.05, 3.63) is 79.4 Å². The fraction of sp³-hybridized carbons (Fsp3) is 0.160. The van der Waals surface area contributed by atoms with E-state index in [1.54, 1.807) is 30.7 Å². The van der Waals surface area contributed by atoms with Gasteiger partial charge in [0.2, 0.25) is 11.9 Å². The van der Waals surface area contributed by atoms with Gasteiger partial charge in [-0.2, -0.15) is 0 Å². The van der Waals surface area contributed by atoms with Gasteiger partial charge in [0, 0.05) is 48.3 Å². The van der Waals surface area contributed by atoms with E-state index in [0.29, 0.717) is 30.5 Å². The summed E-state index contributed by atoms with van der Waals surface area (Å²) in [7, 11) is 0. The molecule has 1 fully saturated rings. The number of carbonyl (C=O) groups excluding carboxylic acids is 1. The number of carbonyl (C=O) groups is 1. The molecule has 1 amide bonds. The Bertz CT molecular complexity index is 1350. The van der Waals surface area contributed by atoms with E-state index in [0.717, 1.165) is 34.4 Å². The van der Waals surface area contributed by atoms with Crippen molar-refractivity contribution < 1.29 is 9.53 Å². The predicted octanol–water partition coefficient (Wildman–Crippen LogP) is 3.62. The van der Waals surface area contributed by atoms with Gasteiger partial charge in [-0.1, -0.05) is 24.8 Å². The van der Waals surface area contributed by atoms with Crippen molar-refractivity contribution in [1.29, 1.82) is 0 Å². The van der Waals surface area contributed by atoms with Gasteiger partial charge in [0.25, 0.3) is 0 Å². The van der Waals surface area contributed by atoms with Crippen LogP contribution < -0.4 is 16.0 Å². The Balaban J connectivity index is 1.50. The molecule has 170 valence electrons. The standard InChI is InChI=1S/C25H23N7O2/c1-2-22(33)30-17-8-10-27-20(13-17)18-6-3-5-16-14-29-25(32-23(16)18)31-19-7-4-9-28-24(19)21-15-26-11-12-34-21/h2-10,13-14,21,26H,1,11-12,15H2,(H,27,30,33)(H,29,31,32). The first kappa shape index (κ1) is 21.6. The molecule has 3 N–H and O–H groups in total. The normalized spacial score (nSPS) is 15.6. The molecule has 5 rings (SSSR count). The Morgan fingerprint density at radius 3 is 2.94 bits per heavy atom. The topological polar surface area (TPSA) is 114 Å². The number of aromatic nitrogens is 4. The van der Waals surface area contributed by atoms with Gasteiger partial charge in [0.05, 0.1) is 29.2 Å². The Morgan fingerprint density at radius 2 is 2.09 bits per heavy atom. The van der Waals surface area contributed by atoms with E-state index in [1.807, 2.05) is 30.3 Å². The van der Waals surface area contributed by atoms with E-state index in [1.165, 1.54) is 6.08 Å². The summed E-state index contributed by atoms with van der Waals surface area (Å²) in [5, 5.41) is 10.3. The number of fused-ring (bicyclic) bond motifs is 1. The number of amides is 1. The number of morpholine rings is 1. The average Bonchev–Trinajstić information content (AvgIpc) is 2.89. The van der Waals surface area contributed by atoms with Crippen LogP contribution >= 0.6 is 0 Å². The molecule has 4 aromatic rings. The number of hydrogen-bond donors (Lipinski definition) is 3. The minimum atomic E-state index is -0.284. The third-order valence-electron chi connectivity index (χ3n) is 5.42. The average molecular weight is 454 g/mol. The van der Waals surface area contributed by atoms with Gasteiger partial charge < -0.3 is 20.7 Å². The molecule has 1 aliphatic rings. The molecule has 1 aliphatic heterocycles. The maximum atomic E-state index is 11.7. The molecule has 1 aromatic carbocycles. The van der Waals surface area contributed by atoms with Crippen molar-refractivity contribution in [1.82, 2.24) is 25.3 Å². The summed E-state index contributed by atoms with van der Waals surface area (Å²) in [6.45, 7) is 5.65. The van der Waals surface area contributed by atoms with Crippen molar-refractivity contribution >= 4 is 34.1 Å². The first-order chi connectivity index (χ1) is 16.7. The second-order valence-electron chi connectivity index (χ2n) is 7.68. The highest BCUT2D eigenvalue weighted by Crippen LogP contribution is 2.30. The van der Waals surface area contributed by atoms with Gasteiger partial charge in [-0.25, -0.2) is 9.97 Å². The van der Waals surface area contributed by atoms with Crippen LogP contribution in [0.2, 0.25) is 0 Å². The van der Waals surface area contributed by atoms with Crippen molar-refractivity contribution in [3.63, 3.8) is 0 Å². The summed E-state index contributed by atoms with van der Waals surface area (Å²) >= 11 is 0. The zero-order valence-corrected chi connectivity index (χ0v) is 18.4. The van der Waals surface area contributed by atoms with Crippen LogP contribution in [0.15, 0.2) is 73.7 Å². The first-order valence-corrected chi connectivity index (χ1v) is 10.9. The van der Waals surface area contributed by atoms with Crippen LogP contribution in [0.5, 0.6) is 0 Å². The van der Waals surface area contributed by atoms with E-state index in [2.05, 4.69) is 37.5 Å². The number of nitrogens with one attached hydrogen (secondary N) is 3. The van der Waals surface area contributed by atoms with Crippen LogP contribution in [0.4, 0.5) is 17.3 Å². The quantitative estimate of drug-likeness (QED) is 0.380. The Hall–Kier alpha value is -4.21. The number of nitrogens with zero attached hydrogens (tertiary/aromatic N) is 4. The monoisotopic (exact) mass is 453 g/mol. The molecular weight excluding hydrogens is 430 g/mol. The zero-order chi connectivity index (χ0) is 23.3. The van der Waals surface area contributed by atoms with E-state index in [4.69, 9.17) is 9.72 Å². The molecule has 1 unspecified atom stereocenters. The third-order valence-corrected chi connectivity index (χ3v) is 5.42. The maximum Gasteiger partial charge on any atom is 0.247 e. The number of pyridine rings is 2. The van der Waals surface area contributed by atoms with Crippen molar-refractivity contribution in [2.75, 3.05) is 30.3 Å². The fourth-order valence-corrected chi connectivity index (χ4v) is 3.81. The molecular formula is C25H23N7O2. The molecule has 0 radical (unpaired) electrons. The second-order valence-corrected chi connectivity index (χ2v) is 7.68. The maximum absolute atomic E-state index is 11.7. The molecule has 34 heavy (non-hydrogen) atoms. The molecule has 1 atom stereocenters. The summed E-state index contributed by atoms with van der Waals surface area (Å²) in [5.74, 6) is 0.155. The van der Waals surface area contributed by atoms with E-state index in [9.17, 15) is 4.79 Å². The fourth-order valence-electron chi connectivity index (χ4n) is 3.81. The molecule has 1 saturated heterocycles.